The number of aromatic nitrogens is 3. The van der Waals surface area contributed by atoms with Gasteiger partial charge in [-0.15, -0.1) is 11.3 Å². The molecule has 4 nitrogen and oxygen atoms in total. The van der Waals surface area contributed by atoms with Crippen molar-refractivity contribution in [2.24, 2.45) is 0 Å². The van der Waals surface area contributed by atoms with E-state index >= 15 is 0 Å². The molecule has 0 saturated heterocycles. The lowest BCUT2D eigenvalue weighted by Gasteiger charge is -2.19. The Labute approximate surface area is 326 Å². The average molecular weight is 734 g/mol. The third-order valence-corrected chi connectivity index (χ3v) is 12.6. The van der Waals surface area contributed by atoms with Crippen LogP contribution >= 0.6 is 11.3 Å². The zero-order valence-corrected chi connectivity index (χ0v) is 30.9. The van der Waals surface area contributed by atoms with Crippen LogP contribution in [0.1, 0.15) is 22.9 Å². The van der Waals surface area contributed by atoms with Crippen molar-refractivity contribution in [3.63, 3.8) is 0 Å². The Morgan fingerprint density at radius 1 is 0.518 bits per heavy atom. The van der Waals surface area contributed by atoms with Crippen LogP contribution in [-0.2, 0) is 6.42 Å². The Kier molecular flexibility index (Phi) is 6.89. The van der Waals surface area contributed by atoms with Crippen LogP contribution in [0.15, 0.2) is 168 Å². The number of para-hydroxylation sites is 1. The molecule has 0 aliphatic heterocycles. The Balaban J connectivity index is 1.07. The molecule has 11 aromatic rings. The maximum atomic E-state index is 6.86. The highest BCUT2D eigenvalue weighted by Gasteiger charge is 2.24. The molecule has 0 N–H and O–H groups in total. The summed E-state index contributed by atoms with van der Waals surface area (Å²) in [5, 5.41) is 9.44. The van der Waals surface area contributed by atoms with Crippen molar-refractivity contribution in [1.29, 1.82) is 0 Å². The fourth-order valence-electron chi connectivity index (χ4n) is 8.78. The third-order valence-electron chi connectivity index (χ3n) is 11.4. The van der Waals surface area contributed by atoms with Crippen molar-refractivity contribution >= 4 is 81.1 Å². The Morgan fingerprint density at radius 2 is 1.25 bits per heavy atom. The van der Waals surface area contributed by atoms with Gasteiger partial charge in [0.2, 0.25) is 0 Å². The second-order valence-corrected chi connectivity index (χ2v) is 15.8. The Bertz CT molecular complexity index is 3430. The van der Waals surface area contributed by atoms with E-state index in [2.05, 4.69) is 164 Å². The van der Waals surface area contributed by atoms with Crippen molar-refractivity contribution in [3.8, 4) is 33.9 Å². The topological polar surface area (TPSA) is 51.8 Å². The van der Waals surface area contributed by atoms with Crippen LogP contribution in [-0.4, -0.2) is 15.0 Å². The van der Waals surface area contributed by atoms with Gasteiger partial charge in [-0.25, -0.2) is 15.0 Å². The van der Waals surface area contributed by atoms with Gasteiger partial charge >= 0.3 is 0 Å². The summed E-state index contributed by atoms with van der Waals surface area (Å²) in [5.74, 6) is 2.08. The maximum Gasteiger partial charge on any atom is 0.164 e. The highest BCUT2D eigenvalue weighted by molar-refractivity contribution is 7.25. The van der Waals surface area contributed by atoms with Crippen LogP contribution in [0.3, 0.4) is 0 Å². The number of thiophene rings is 1. The molecule has 0 spiro atoms. The van der Waals surface area contributed by atoms with Gasteiger partial charge in [0.1, 0.15) is 17.0 Å². The van der Waals surface area contributed by atoms with E-state index in [9.17, 15) is 0 Å². The number of rotatable bonds is 4. The number of allylic oxidation sites excluding steroid dienone is 1. The fraction of sp³-hybridized carbons (Fsp3) is 0.0392. The van der Waals surface area contributed by atoms with E-state index in [1.807, 2.05) is 6.07 Å². The minimum Gasteiger partial charge on any atom is -0.455 e. The molecule has 1 aliphatic carbocycles. The molecule has 3 heterocycles. The molecule has 3 aromatic heterocycles. The molecule has 0 fully saturated rings. The Morgan fingerprint density at radius 3 is 2.20 bits per heavy atom. The summed E-state index contributed by atoms with van der Waals surface area (Å²) in [4.78, 5) is 15.8. The normalized spacial score (nSPS) is 14.1. The molecule has 1 atom stereocenters. The van der Waals surface area contributed by atoms with Crippen molar-refractivity contribution in [2.45, 2.75) is 12.3 Å². The molecule has 56 heavy (non-hydrogen) atoms. The second kappa shape index (κ2) is 12.3. The number of fused-ring (bicyclic) bond motifs is 10. The van der Waals surface area contributed by atoms with Gasteiger partial charge in [0.05, 0.1) is 0 Å². The van der Waals surface area contributed by atoms with Crippen molar-refractivity contribution in [2.75, 3.05) is 0 Å². The maximum absolute atomic E-state index is 6.86. The molecule has 0 bridgehead atoms. The SMILES string of the molecule is C1=CC(c2nc(-c3ccc4c(c3)sc3ccccc34)nc(-c3cccc4oc5c(-c6cc7ccccc7c7ccccc67)cccc5c34)n2)Cc2ccccc21. The van der Waals surface area contributed by atoms with Gasteiger partial charge in [-0.2, -0.15) is 0 Å². The van der Waals surface area contributed by atoms with Gasteiger partial charge in [0.25, 0.3) is 0 Å². The Hall–Kier alpha value is -6.95. The molecule has 5 heteroatoms. The van der Waals surface area contributed by atoms with Crippen molar-refractivity contribution < 1.29 is 4.42 Å². The van der Waals surface area contributed by atoms with Crippen molar-refractivity contribution in [3.05, 3.63) is 181 Å². The van der Waals surface area contributed by atoms with Crippen LogP contribution in [0.2, 0.25) is 0 Å². The predicted molar refractivity (Wildman–Crippen MR) is 233 cm³/mol. The van der Waals surface area contributed by atoms with Crippen LogP contribution in [0, 0.1) is 0 Å². The lowest BCUT2D eigenvalue weighted by Crippen LogP contribution is -2.12. The van der Waals surface area contributed by atoms with Gasteiger partial charge in [0.15, 0.2) is 11.6 Å². The summed E-state index contributed by atoms with van der Waals surface area (Å²) in [7, 11) is 0. The first kappa shape index (κ1) is 31.4. The third kappa shape index (κ3) is 4.88. The van der Waals surface area contributed by atoms with Gasteiger partial charge in [-0.05, 0) is 68.9 Å². The number of hydrogen-bond acceptors (Lipinski definition) is 5. The first-order chi connectivity index (χ1) is 27.7. The first-order valence-corrected chi connectivity index (χ1v) is 19.8. The van der Waals surface area contributed by atoms with Gasteiger partial charge < -0.3 is 4.42 Å². The minimum atomic E-state index is 0.00606. The van der Waals surface area contributed by atoms with E-state index in [4.69, 9.17) is 19.4 Å². The first-order valence-electron chi connectivity index (χ1n) is 19.0. The van der Waals surface area contributed by atoms with Gasteiger partial charge in [-0.3, -0.25) is 0 Å². The molecule has 0 saturated carbocycles. The summed E-state index contributed by atoms with van der Waals surface area (Å²) in [6.07, 6.45) is 5.28. The lowest BCUT2D eigenvalue weighted by molar-refractivity contribution is 0.670. The lowest BCUT2D eigenvalue weighted by atomic mass is 9.89. The summed E-state index contributed by atoms with van der Waals surface area (Å²) in [5.41, 5.74) is 8.31. The largest absolute Gasteiger partial charge is 0.455 e. The van der Waals surface area contributed by atoms with E-state index < -0.39 is 0 Å². The van der Waals surface area contributed by atoms with Crippen LogP contribution in [0.25, 0.3) is 104 Å². The van der Waals surface area contributed by atoms with E-state index in [0.29, 0.717) is 11.6 Å². The van der Waals surface area contributed by atoms with Gasteiger partial charge in [0, 0.05) is 53.6 Å². The quantitative estimate of drug-likeness (QED) is 0.169. The predicted octanol–water partition coefficient (Wildman–Crippen LogP) is 13.8. The number of hydrogen-bond donors (Lipinski definition) is 0. The van der Waals surface area contributed by atoms with E-state index in [1.54, 1.807) is 11.3 Å². The summed E-state index contributed by atoms with van der Waals surface area (Å²) >= 11 is 1.81. The molecule has 0 amide bonds. The smallest absolute Gasteiger partial charge is 0.164 e. The van der Waals surface area contributed by atoms with E-state index in [-0.39, 0.29) is 5.92 Å². The average Bonchev–Trinajstić information content (AvgIpc) is 3.84. The molecule has 8 aromatic carbocycles. The number of furan rings is 1. The van der Waals surface area contributed by atoms with E-state index in [0.717, 1.165) is 56.4 Å². The summed E-state index contributed by atoms with van der Waals surface area (Å²) in [6, 6.07) is 56.1. The van der Waals surface area contributed by atoms with Crippen LogP contribution in [0.4, 0.5) is 0 Å². The van der Waals surface area contributed by atoms with E-state index in [1.165, 1.54) is 52.8 Å². The van der Waals surface area contributed by atoms with Crippen LogP contribution < -0.4 is 0 Å². The summed E-state index contributed by atoms with van der Waals surface area (Å²) in [6.45, 7) is 0. The monoisotopic (exact) mass is 733 g/mol. The molecule has 12 rings (SSSR count). The standard InChI is InChI=1S/C51H31N3OS/c1-2-12-31-27-33(24-23-30(31)11-1)49-52-50(34-25-26-39-38-17-7-8-22-45(38)56-46(39)29-34)54-51(53-49)42-20-10-21-44-47(42)41-19-9-18-40(48(41)55-44)43-28-32-13-3-4-14-35(32)36-15-5-6-16-37(36)43/h1-26,28-29,33H,27H2. The minimum absolute atomic E-state index is 0.00606. The van der Waals surface area contributed by atoms with Gasteiger partial charge in [-0.1, -0.05) is 146 Å². The fourth-order valence-corrected chi connectivity index (χ4v) is 9.93. The molecule has 1 unspecified atom stereocenters. The second-order valence-electron chi connectivity index (χ2n) is 14.7. The highest BCUT2D eigenvalue weighted by atomic mass is 32.1. The number of nitrogens with zero attached hydrogens (tertiary/aromatic N) is 3. The summed E-state index contributed by atoms with van der Waals surface area (Å²) < 4.78 is 9.35. The zero-order chi connectivity index (χ0) is 36.7. The van der Waals surface area contributed by atoms with Crippen LogP contribution in [0.5, 0.6) is 0 Å². The molecule has 1 aliphatic rings. The molecular weight excluding hydrogens is 703 g/mol. The molecule has 262 valence electrons. The number of benzene rings is 8. The highest BCUT2D eigenvalue weighted by Crippen LogP contribution is 2.44. The molecular formula is C51H31N3OS. The molecule has 0 radical (unpaired) electrons. The van der Waals surface area contributed by atoms with Crippen molar-refractivity contribution in [1.82, 2.24) is 15.0 Å². The zero-order valence-electron chi connectivity index (χ0n) is 30.1.